The Bertz CT molecular complexity index is 499. The van der Waals surface area contributed by atoms with Crippen molar-refractivity contribution >= 4 is 23.2 Å². The van der Waals surface area contributed by atoms with Gasteiger partial charge in [-0.1, -0.05) is 35.3 Å². The number of pyridine rings is 1. The van der Waals surface area contributed by atoms with Gasteiger partial charge >= 0.3 is 0 Å². The maximum Gasteiger partial charge on any atom is 0.0830 e. The number of hydrogen-bond acceptors (Lipinski definition) is 2. The Morgan fingerprint density at radius 2 is 1.82 bits per heavy atom. The molecule has 1 aromatic heterocycles. The highest BCUT2D eigenvalue weighted by Gasteiger charge is 2.10. The number of aromatic nitrogens is 1. The molecule has 0 spiro atoms. The molecule has 0 radical (unpaired) electrons. The summed E-state index contributed by atoms with van der Waals surface area (Å²) in [6, 6.07) is 8.94. The van der Waals surface area contributed by atoms with Gasteiger partial charge in [-0.3, -0.25) is 4.98 Å². The van der Waals surface area contributed by atoms with Gasteiger partial charge in [0.2, 0.25) is 0 Å². The topological polar surface area (TPSA) is 33.1 Å². The van der Waals surface area contributed by atoms with Crippen LogP contribution in [-0.4, -0.2) is 10.1 Å². The fourth-order valence-electron chi connectivity index (χ4n) is 1.58. The lowest BCUT2D eigenvalue weighted by Crippen LogP contribution is -2.02. The largest absolute Gasteiger partial charge is 0.388 e. The Labute approximate surface area is 110 Å². The van der Waals surface area contributed by atoms with Gasteiger partial charge in [0.25, 0.3) is 0 Å². The SMILES string of the molecule is OC(Cc1ccncc1Cl)c1ccc(Cl)cc1. The van der Waals surface area contributed by atoms with Crippen molar-refractivity contribution in [3.63, 3.8) is 0 Å². The molecule has 1 unspecified atom stereocenters. The van der Waals surface area contributed by atoms with Gasteiger partial charge in [-0.2, -0.15) is 0 Å². The van der Waals surface area contributed by atoms with E-state index in [9.17, 15) is 5.11 Å². The molecule has 4 heteroatoms. The van der Waals surface area contributed by atoms with Crippen molar-refractivity contribution in [2.45, 2.75) is 12.5 Å². The predicted octanol–water partition coefficient (Wildman–Crippen LogP) is 3.66. The average molecular weight is 268 g/mol. The van der Waals surface area contributed by atoms with Gasteiger partial charge in [-0.25, -0.2) is 0 Å². The average Bonchev–Trinajstić information content (AvgIpc) is 2.33. The number of rotatable bonds is 3. The van der Waals surface area contributed by atoms with E-state index in [0.29, 0.717) is 16.5 Å². The summed E-state index contributed by atoms with van der Waals surface area (Å²) >= 11 is 11.8. The first-order valence-corrected chi connectivity index (χ1v) is 5.94. The third-order valence-corrected chi connectivity index (χ3v) is 3.12. The summed E-state index contributed by atoms with van der Waals surface area (Å²) < 4.78 is 0. The first kappa shape index (κ1) is 12.4. The lowest BCUT2D eigenvalue weighted by Gasteiger charge is -2.11. The molecule has 0 fully saturated rings. The van der Waals surface area contributed by atoms with Crippen LogP contribution < -0.4 is 0 Å². The highest BCUT2D eigenvalue weighted by molar-refractivity contribution is 6.31. The first-order valence-electron chi connectivity index (χ1n) is 5.19. The molecule has 0 amide bonds. The second kappa shape index (κ2) is 5.50. The van der Waals surface area contributed by atoms with Crippen LogP contribution in [0.4, 0.5) is 0 Å². The molecule has 2 aromatic rings. The number of benzene rings is 1. The van der Waals surface area contributed by atoms with Crippen molar-refractivity contribution in [2.24, 2.45) is 0 Å². The quantitative estimate of drug-likeness (QED) is 0.921. The predicted molar refractivity (Wildman–Crippen MR) is 69.4 cm³/mol. The molecule has 0 aliphatic heterocycles. The molecule has 1 atom stereocenters. The number of hydrogen-bond donors (Lipinski definition) is 1. The van der Waals surface area contributed by atoms with Crippen molar-refractivity contribution in [3.8, 4) is 0 Å². The molecule has 2 nitrogen and oxygen atoms in total. The van der Waals surface area contributed by atoms with E-state index in [-0.39, 0.29) is 0 Å². The summed E-state index contributed by atoms with van der Waals surface area (Å²) in [7, 11) is 0. The van der Waals surface area contributed by atoms with Crippen molar-refractivity contribution in [1.29, 1.82) is 0 Å². The molecular weight excluding hydrogens is 257 g/mol. The lowest BCUT2D eigenvalue weighted by atomic mass is 10.0. The number of aliphatic hydroxyl groups is 1. The van der Waals surface area contributed by atoms with E-state index in [0.717, 1.165) is 11.1 Å². The summed E-state index contributed by atoms with van der Waals surface area (Å²) in [5.74, 6) is 0. The number of halogens is 2. The molecule has 1 aromatic carbocycles. The van der Waals surface area contributed by atoms with Crippen LogP contribution in [0.25, 0.3) is 0 Å². The summed E-state index contributed by atoms with van der Waals surface area (Å²) in [6.45, 7) is 0. The van der Waals surface area contributed by atoms with Gasteiger partial charge in [0.1, 0.15) is 0 Å². The van der Waals surface area contributed by atoms with Crippen LogP contribution in [0.5, 0.6) is 0 Å². The van der Waals surface area contributed by atoms with Crippen LogP contribution in [0.3, 0.4) is 0 Å². The molecule has 1 heterocycles. The lowest BCUT2D eigenvalue weighted by molar-refractivity contribution is 0.178. The van der Waals surface area contributed by atoms with Gasteiger partial charge in [-0.15, -0.1) is 0 Å². The standard InChI is InChI=1S/C13H11Cl2NO/c14-11-3-1-9(2-4-11)13(17)7-10-5-6-16-8-12(10)15/h1-6,8,13,17H,7H2. The van der Waals surface area contributed by atoms with E-state index in [4.69, 9.17) is 23.2 Å². The highest BCUT2D eigenvalue weighted by atomic mass is 35.5. The molecule has 0 aliphatic rings. The molecule has 1 N–H and O–H groups in total. The number of nitrogens with zero attached hydrogens (tertiary/aromatic N) is 1. The van der Waals surface area contributed by atoms with Crippen molar-refractivity contribution in [2.75, 3.05) is 0 Å². The summed E-state index contributed by atoms with van der Waals surface area (Å²) in [4.78, 5) is 3.91. The van der Waals surface area contributed by atoms with E-state index in [1.54, 1.807) is 24.5 Å². The minimum Gasteiger partial charge on any atom is -0.388 e. The third-order valence-electron chi connectivity index (χ3n) is 2.52. The van der Waals surface area contributed by atoms with Crippen LogP contribution in [-0.2, 0) is 6.42 Å². The molecule has 0 bridgehead atoms. The maximum atomic E-state index is 10.1. The van der Waals surface area contributed by atoms with Crippen LogP contribution in [0.1, 0.15) is 17.2 Å². The minimum atomic E-state index is -0.591. The Morgan fingerprint density at radius 1 is 1.12 bits per heavy atom. The fraction of sp³-hybridized carbons (Fsp3) is 0.154. The van der Waals surface area contributed by atoms with Crippen LogP contribution in [0.15, 0.2) is 42.7 Å². The van der Waals surface area contributed by atoms with E-state index in [1.165, 1.54) is 0 Å². The van der Waals surface area contributed by atoms with Crippen molar-refractivity contribution in [1.82, 2.24) is 4.98 Å². The summed E-state index contributed by atoms with van der Waals surface area (Å²) in [5.41, 5.74) is 1.70. The number of aliphatic hydroxyl groups excluding tert-OH is 1. The van der Waals surface area contributed by atoms with Crippen molar-refractivity contribution in [3.05, 3.63) is 63.9 Å². The minimum absolute atomic E-state index is 0.461. The monoisotopic (exact) mass is 267 g/mol. The summed E-state index contributed by atoms with van der Waals surface area (Å²) in [5, 5.41) is 11.3. The van der Waals surface area contributed by atoms with E-state index >= 15 is 0 Å². The fourth-order valence-corrected chi connectivity index (χ4v) is 1.90. The summed E-state index contributed by atoms with van der Waals surface area (Å²) in [6.07, 6.45) is 3.11. The molecule has 0 aliphatic carbocycles. The Morgan fingerprint density at radius 3 is 2.47 bits per heavy atom. The normalized spacial score (nSPS) is 12.4. The van der Waals surface area contributed by atoms with E-state index in [2.05, 4.69) is 4.98 Å². The highest BCUT2D eigenvalue weighted by Crippen LogP contribution is 2.23. The van der Waals surface area contributed by atoms with Gasteiger partial charge < -0.3 is 5.11 Å². The van der Waals surface area contributed by atoms with Gasteiger partial charge in [-0.05, 0) is 29.3 Å². The Kier molecular flexibility index (Phi) is 4.00. The smallest absolute Gasteiger partial charge is 0.0830 e. The molecule has 0 saturated carbocycles. The van der Waals surface area contributed by atoms with Gasteiger partial charge in [0, 0.05) is 23.8 Å². The van der Waals surface area contributed by atoms with Crippen LogP contribution >= 0.6 is 23.2 Å². The molecular formula is C13H11Cl2NO. The Balaban J connectivity index is 2.14. The zero-order valence-electron chi connectivity index (χ0n) is 8.98. The van der Waals surface area contributed by atoms with Crippen molar-refractivity contribution < 1.29 is 5.11 Å². The zero-order valence-corrected chi connectivity index (χ0v) is 10.5. The van der Waals surface area contributed by atoms with Crippen LogP contribution in [0, 0.1) is 0 Å². The second-order valence-corrected chi connectivity index (χ2v) is 4.58. The van der Waals surface area contributed by atoms with Gasteiger partial charge in [0.15, 0.2) is 0 Å². The molecule has 17 heavy (non-hydrogen) atoms. The van der Waals surface area contributed by atoms with Gasteiger partial charge in [0.05, 0.1) is 11.1 Å². The van der Waals surface area contributed by atoms with Crippen LogP contribution in [0.2, 0.25) is 10.0 Å². The van der Waals surface area contributed by atoms with E-state index < -0.39 is 6.10 Å². The molecule has 88 valence electrons. The molecule has 0 saturated heterocycles. The van der Waals surface area contributed by atoms with E-state index in [1.807, 2.05) is 18.2 Å². The Hall–Kier alpha value is -1.09. The first-order chi connectivity index (χ1) is 8.16. The molecule has 2 rings (SSSR count). The maximum absolute atomic E-state index is 10.1. The zero-order chi connectivity index (χ0) is 12.3. The second-order valence-electron chi connectivity index (χ2n) is 3.74. The third kappa shape index (κ3) is 3.19.